The van der Waals surface area contributed by atoms with Crippen LogP contribution < -0.4 is 17.0 Å². The Hall–Kier alpha value is -3.68. The minimum absolute atomic E-state index is 0.0553. The van der Waals surface area contributed by atoms with Crippen LogP contribution in [0.2, 0.25) is 0 Å². The van der Waals surface area contributed by atoms with Crippen molar-refractivity contribution < 1.29 is 14.7 Å². The molecule has 8 heteroatoms. The number of carbonyl (C=O) groups is 2. The summed E-state index contributed by atoms with van der Waals surface area (Å²) in [6, 6.07) is 13.5. The molecule has 8 nitrogen and oxygen atoms in total. The van der Waals surface area contributed by atoms with Crippen LogP contribution in [0, 0.1) is 0 Å². The molecule has 0 unspecified atom stereocenters. The topological polar surface area (TPSA) is 124 Å². The van der Waals surface area contributed by atoms with E-state index in [-0.39, 0.29) is 17.3 Å². The van der Waals surface area contributed by atoms with Gasteiger partial charge in [-0.3, -0.25) is 14.2 Å². The lowest BCUT2D eigenvalue weighted by Gasteiger charge is -2.18. The van der Waals surface area contributed by atoms with Crippen molar-refractivity contribution in [2.75, 3.05) is 0 Å². The van der Waals surface area contributed by atoms with Crippen molar-refractivity contribution in [3.63, 3.8) is 0 Å². The second kappa shape index (κ2) is 7.28. The highest BCUT2D eigenvalue weighted by atomic mass is 16.4. The van der Waals surface area contributed by atoms with Gasteiger partial charge in [-0.1, -0.05) is 42.5 Å². The van der Waals surface area contributed by atoms with Crippen LogP contribution in [0.4, 0.5) is 0 Å². The van der Waals surface area contributed by atoms with Gasteiger partial charge in [-0.2, -0.15) is 0 Å². The number of hydrogen-bond acceptors (Lipinski definition) is 4. The zero-order valence-corrected chi connectivity index (χ0v) is 14.2. The second-order valence-electron chi connectivity index (χ2n) is 6.07. The molecule has 27 heavy (non-hydrogen) atoms. The third-order valence-electron chi connectivity index (χ3n) is 4.26. The Bertz CT molecular complexity index is 1130. The molecule has 0 aliphatic carbocycles. The summed E-state index contributed by atoms with van der Waals surface area (Å²) in [5.41, 5.74) is 4.51. The highest BCUT2D eigenvalue weighted by Gasteiger charge is 2.26. The maximum absolute atomic E-state index is 12.9. The number of amides is 1. The van der Waals surface area contributed by atoms with Gasteiger partial charge in [0.2, 0.25) is 5.91 Å². The van der Waals surface area contributed by atoms with Crippen molar-refractivity contribution >= 4 is 22.8 Å². The molecule has 0 aliphatic heterocycles. The minimum atomic E-state index is -1.42. The van der Waals surface area contributed by atoms with Crippen molar-refractivity contribution in [3.8, 4) is 0 Å². The van der Waals surface area contributed by atoms with Gasteiger partial charge in [0.1, 0.15) is 12.6 Å². The van der Waals surface area contributed by atoms with Crippen LogP contribution in [0.1, 0.15) is 11.6 Å². The Balaban J connectivity index is 2.28. The normalized spacial score (nSPS) is 12.0. The summed E-state index contributed by atoms with van der Waals surface area (Å²) in [5.74, 6) is -2.10. The Kier molecular flexibility index (Phi) is 4.89. The highest BCUT2D eigenvalue weighted by Crippen LogP contribution is 2.14. The van der Waals surface area contributed by atoms with Crippen LogP contribution in [0.15, 0.2) is 64.2 Å². The monoisotopic (exact) mass is 367 g/mol. The van der Waals surface area contributed by atoms with Crippen LogP contribution in [0.3, 0.4) is 0 Å². The van der Waals surface area contributed by atoms with Gasteiger partial charge in [0.25, 0.3) is 5.56 Å². The first-order valence-corrected chi connectivity index (χ1v) is 8.19. The van der Waals surface area contributed by atoms with Crippen molar-refractivity contribution in [2.45, 2.75) is 19.0 Å². The molecule has 0 radical (unpaired) electrons. The number of hydrogen-bond donors (Lipinski definition) is 2. The zero-order chi connectivity index (χ0) is 19.6. The third-order valence-corrected chi connectivity index (χ3v) is 4.26. The number of rotatable bonds is 6. The molecule has 0 spiro atoms. The highest BCUT2D eigenvalue weighted by molar-refractivity contribution is 5.81. The predicted octanol–water partition coefficient (Wildman–Crippen LogP) is 0.517. The van der Waals surface area contributed by atoms with E-state index in [1.54, 1.807) is 42.5 Å². The molecule has 0 saturated carbocycles. The lowest BCUT2D eigenvalue weighted by atomic mass is 10.1. The van der Waals surface area contributed by atoms with E-state index in [0.717, 1.165) is 4.57 Å². The molecular formula is C19H17N3O5. The molecule has 3 rings (SSSR count). The molecule has 3 N–H and O–H groups in total. The first-order chi connectivity index (χ1) is 12.9. The average molecular weight is 367 g/mol. The van der Waals surface area contributed by atoms with E-state index in [4.69, 9.17) is 5.73 Å². The molecule has 0 saturated heterocycles. The fraction of sp³-hybridized carbons (Fsp3) is 0.158. The molecule has 1 amide bonds. The van der Waals surface area contributed by atoms with Gasteiger partial charge in [-0.15, -0.1) is 0 Å². The minimum Gasteiger partial charge on any atom is -0.480 e. The summed E-state index contributed by atoms with van der Waals surface area (Å²) in [6.45, 7) is -0.461. The zero-order valence-electron chi connectivity index (χ0n) is 14.2. The van der Waals surface area contributed by atoms with E-state index in [2.05, 4.69) is 0 Å². The van der Waals surface area contributed by atoms with Gasteiger partial charge in [0.05, 0.1) is 10.9 Å². The SMILES string of the molecule is NC(=O)Cn1c(=O)n([C@@H](Cc2ccccc2)C(=O)O)c(=O)c2ccccc21. The summed E-state index contributed by atoms with van der Waals surface area (Å²) in [5, 5.41) is 9.82. The molecule has 3 aromatic rings. The smallest absolute Gasteiger partial charge is 0.332 e. The van der Waals surface area contributed by atoms with E-state index in [1.165, 1.54) is 12.1 Å². The largest absolute Gasteiger partial charge is 0.480 e. The van der Waals surface area contributed by atoms with Crippen LogP contribution in [0.25, 0.3) is 10.9 Å². The number of carboxylic acids is 1. The number of fused-ring (bicyclic) bond motifs is 1. The first-order valence-electron chi connectivity index (χ1n) is 8.19. The van der Waals surface area contributed by atoms with Gasteiger partial charge in [0, 0.05) is 6.42 Å². The number of primary amides is 1. The quantitative estimate of drug-likeness (QED) is 0.657. The fourth-order valence-electron chi connectivity index (χ4n) is 3.05. The van der Waals surface area contributed by atoms with Crippen LogP contribution in [-0.4, -0.2) is 26.1 Å². The van der Waals surface area contributed by atoms with Crippen molar-refractivity contribution in [1.82, 2.24) is 9.13 Å². The number of benzene rings is 2. The number of aromatic nitrogens is 2. The average Bonchev–Trinajstić information content (AvgIpc) is 2.65. The standard InChI is InChI=1S/C19H17N3O5/c20-16(23)11-21-14-9-5-4-8-13(14)17(24)22(19(21)27)15(18(25)26)10-12-6-2-1-3-7-12/h1-9,15H,10-11H2,(H2,20,23)(H,25,26)/t15-/m0/s1. The molecule has 0 bridgehead atoms. The van der Waals surface area contributed by atoms with Crippen molar-refractivity contribution in [3.05, 3.63) is 81.0 Å². The molecule has 0 aliphatic rings. The first kappa shape index (κ1) is 18.1. The molecule has 2 aromatic carbocycles. The van der Waals surface area contributed by atoms with Gasteiger partial charge in [-0.25, -0.2) is 14.2 Å². The number of carbonyl (C=O) groups excluding carboxylic acids is 1. The summed E-state index contributed by atoms with van der Waals surface area (Å²) >= 11 is 0. The van der Waals surface area contributed by atoms with E-state index in [0.29, 0.717) is 10.1 Å². The second-order valence-corrected chi connectivity index (χ2v) is 6.07. The maximum atomic E-state index is 12.9. The molecule has 0 fully saturated rings. The van der Waals surface area contributed by atoms with Crippen molar-refractivity contribution in [1.29, 1.82) is 0 Å². The van der Waals surface area contributed by atoms with Crippen molar-refractivity contribution in [2.24, 2.45) is 5.73 Å². The number of aliphatic carboxylic acids is 1. The molecule has 1 aromatic heterocycles. The van der Waals surface area contributed by atoms with Crippen LogP contribution in [-0.2, 0) is 22.6 Å². The van der Waals surface area contributed by atoms with E-state index >= 15 is 0 Å². The lowest BCUT2D eigenvalue weighted by molar-refractivity contribution is -0.141. The van der Waals surface area contributed by atoms with Crippen LogP contribution >= 0.6 is 0 Å². The fourth-order valence-corrected chi connectivity index (χ4v) is 3.05. The number of para-hydroxylation sites is 1. The molecular weight excluding hydrogens is 350 g/mol. The lowest BCUT2D eigenvalue weighted by Crippen LogP contribution is -2.46. The predicted molar refractivity (Wildman–Crippen MR) is 98.5 cm³/mol. The summed E-state index contributed by atoms with van der Waals surface area (Å²) in [4.78, 5) is 49.1. The van der Waals surface area contributed by atoms with Gasteiger partial charge in [-0.05, 0) is 17.7 Å². The Morgan fingerprint density at radius 3 is 2.26 bits per heavy atom. The van der Waals surface area contributed by atoms with E-state index in [9.17, 15) is 24.3 Å². The third kappa shape index (κ3) is 3.50. The van der Waals surface area contributed by atoms with E-state index in [1.807, 2.05) is 0 Å². The maximum Gasteiger partial charge on any atom is 0.332 e. The Labute approximate surface area is 153 Å². The molecule has 1 heterocycles. The summed E-state index contributed by atoms with van der Waals surface area (Å²) in [7, 11) is 0. The van der Waals surface area contributed by atoms with Gasteiger partial charge in [0.15, 0.2) is 0 Å². The molecule has 138 valence electrons. The summed E-state index contributed by atoms with van der Waals surface area (Å²) < 4.78 is 1.71. The summed E-state index contributed by atoms with van der Waals surface area (Å²) in [6.07, 6.45) is -0.0553. The Morgan fingerprint density at radius 2 is 1.63 bits per heavy atom. The molecule has 1 atom stereocenters. The number of nitrogens with zero attached hydrogens (tertiary/aromatic N) is 2. The number of nitrogens with two attached hydrogens (primary N) is 1. The van der Waals surface area contributed by atoms with Gasteiger partial charge >= 0.3 is 11.7 Å². The Morgan fingerprint density at radius 1 is 1.00 bits per heavy atom. The number of carboxylic acid groups (broad SMARTS) is 1. The van der Waals surface area contributed by atoms with E-state index < -0.39 is 35.7 Å². The van der Waals surface area contributed by atoms with Crippen LogP contribution in [0.5, 0.6) is 0 Å². The van der Waals surface area contributed by atoms with Gasteiger partial charge < -0.3 is 10.8 Å².